The van der Waals surface area contributed by atoms with Gasteiger partial charge in [-0.2, -0.15) is 0 Å². The summed E-state index contributed by atoms with van der Waals surface area (Å²) in [6.45, 7) is 6.11. The van der Waals surface area contributed by atoms with Crippen LogP contribution in [0.25, 0.3) is 0 Å². The first-order chi connectivity index (χ1) is 5.54. The molecule has 0 spiro atoms. The zero-order valence-electron chi connectivity index (χ0n) is 7.55. The maximum atomic E-state index is 5.20. The molecule has 0 saturated carbocycles. The van der Waals surface area contributed by atoms with Crippen molar-refractivity contribution in [1.82, 2.24) is 9.97 Å². The Hall–Kier alpha value is -1.16. The smallest absolute Gasteiger partial charge is 0.144 e. The van der Waals surface area contributed by atoms with Crippen LogP contribution in [0.5, 0.6) is 0 Å². The van der Waals surface area contributed by atoms with Crippen molar-refractivity contribution < 1.29 is 0 Å². The number of nitrogens with two attached hydrogens (primary N) is 1. The lowest BCUT2D eigenvalue weighted by molar-refractivity contribution is 0.545. The number of rotatable bonds is 1. The van der Waals surface area contributed by atoms with E-state index in [9.17, 15) is 0 Å². The lowest BCUT2D eigenvalue weighted by Crippen LogP contribution is -2.18. The summed E-state index contributed by atoms with van der Waals surface area (Å²) in [5, 5.41) is 0. The van der Waals surface area contributed by atoms with E-state index >= 15 is 0 Å². The van der Waals surface area contributed by atoms with Crippen LogP contribution < -0.4 is 11.3 Å². The fraction of sp³-hybridized carbons (Fsp3) is 0.500. The predicted octanol–water partition coefficient (Wildman–Crippen LogP) is 0.860. The van der Waals surface area contributed by atoms with Gasteiger partial charge in [0.25, 0.3) is 0 Å². The molecule has 4 heteroatoms. The molecule has 3 N–H and O–H groups in total. The first-order valence-corrected chi connectivity index (χ1v) is 3.76. The second-order valence-corrected chi connectivity index (χ2v) is 3.60. The predicted molar refractivity (Wildman–Crippen MR) is 47.4 cm³/mol. The van der Waals surface area contributed by atoms with Crippen LogP contribution in [0.1, 0.15) is 26.6 Å². The van der Waals surface area contributed by atoms with Crippen molar-refractivity contribution >= 4 is 5.82 Å². The first kappa shape index (κ1) is 8.93. The highest BCUT2D eigenvalue weighted by Gasteiger charge is 2.16. The topological polar surface area (TPSA) is 63.8 Å². The van der Waals surface area contributed by atoms with Crippen LogP contribution in [-0.2, 0) is 5.41 Å². The van der Waals surface area contributed by atoms with Gasteiger partial charge in [-0.15, -0.1) is 0 Å². The number of nitrogen functional groups attached to an aromatic ring is 1. The largest absolute Gasteiger partial charge is 0.308 e. The molecule has 12 heavy (non-hydrogen) atoms. The molecule has 4 nitrogen and oxygen atoms in total. The normalized spacial score (nSPS) is 11.3. The molecule has 1 heterocycles. The van der Waals surface area contributed by atoms with Crippen LogP contribution in [0, 0.1) is 6.20 Å². The van der Waals surface area contributed by atoms with Gasteiger partial charge < -0.3 is 5.43 Å². The molecule has 0 amide bonds. The van der Waals surface area contributed by atoms with E-state index in [4.69, 9.17) is 5.84 Å². The molecule has 0 aromatic carbocycles. The lowest BCUT2D eigenvalue weighted by Gasteiger charge is -2.16. The summed E-state index contributed by atoms with van der Waals surface area (Å²) in [7, 11) is 0. The second-order valence-electron chi connectivity index (χ2n) is 3.60. The highest BCUT2D eigenvalue weighted by atomic mass is 15.3. The van der Waals surface area contributed by atoms with Crippen LogP contribution in [0.3, 0.4) is 0 Å². The van der Waals surface area contributed by atoms with E-state index in [0.29, 0.717) is 5.82 Å². The summed E-state index contributed by atoms with van der Waals surface area (Å²) in [5.74, 6) is 6.53. The zero-order chi connectivity index (χ0) is 9.19. The minimum absolute atomic E-state index is 0.0661. The fourth-order valence-corrected chi connectivity index (χ4v) is 0.735. The number of nitrogens with one attached hydrogen (secondary N) is 1. The maximum absolute atomic E-state index is 5.20. The monoisotopic (exact) mass is 165 g/mol. The Kier molecular flexibility index (Phi) is 2.28. The van der Waals surface area contributed by atoms with E-state index in [1.807, 2.05) is 20.8 Å². The number of aromatic nitrogens is 2. The Morgan fingerprint density at radius 3 is 2.67 bits per heavy atom. The number of anilines is 1. The molecule has 1 aromatic rings. The van der Waals surface area contributed by atoms with Crippen LogP contribution in [-0.4, -0.2) is 9.97 Å². The Labute approximate surface area is 72.2 Å². The van der Waals surface area contributed by atoms with Gasteiger partial charge in [-0.1, -0.05) is 20.8 Å². The minimum atomic E-state index is -0.0661. The molecule has 1 radical (unpaired) electrons. The van der Waals surface area contributed by atoms with Crippen LogP contribution in [0.2, 0.25) is 0 Å². The van der Waals surface area contributed by atoms with Crippen molar-refractivity contribution in [2.24, 2.45) is 5.84 Å². The highest BCUT2D eigenvalue weighted by Crippen LogP contribution is 2.17. The van der Waals surface area contributed by atoms with Gasteiger partial charge in [0.15, 0.2) is 0 Å². The van der Waals surface area contributed by atoms with E-state index in [1.54, 1.807) is 6.07 Å². The third-order valence-electron chi connectivity index (χ3n) is 1.42. The SMILES string of the molecule is CC(C)(C)c1n[c]cc(NN)n1. The fourth-order valence-electron chi connectivity index (χ4n) is 0.735. The van der Waals surface area contributed by atoms with Gasteiger partial charge in [-0.3, -0.25) is 0 Å². The van der Waals surface area contributed by atoms with Crippen LogP contribution in [0.4, 0.5) is 5.82 Å². The third kappa shape index (κ3) is 1.92. The van der Waals surface area contributed by atoms with Crippen molar-refractivity contribution in [2.75, 3.05) is 5.43 Å². The Morgan fingerprint density at radius 1 is 1.50 bits per heavy atom. The molecule has 1 aromatic heterocycles. The molecule has 65 valence electrons. The molecule has 1 rings (SSSR count). The van der Waals surface area contributed by atoms with Gasteiger partial charge in [-0.25, -0.2) is 15.8 Å². The number of hydrazine groups is 1. The van der Waals surface area contributed by atoms with E-state index in [1.165, 1.54) is 0 Å². The van der Waals surface area contributed by atoms with Crippen molar-refractivity contribution in [2.45, 2.75) is 26.2 Å². The quantitative estimate of drug-likeness (QED) is 0.478. The van der Waals surface area contributed by atoms with Crippen molar-refractivity contribution in [1.29, 1.82) is 0 Å². The summed E-state index contributed by atoms with van der Waals surface area (Å²) in [4.78, 5) is 8.21. The Morgan fingerprint density at radius 2 is 2.17 bits per heavy atom. The molecule has 0 aliphatic rings. The average molecular weight is 165 g/mol. The van der Waals surface area contributed by atoms with E-state index < -0.39 is 0 Å². The summed E-state index contributed by atoms with van der Waals surface area (Å²) < 4.78 is 0. The van der Waals surface area contributed by atoms with Gasteiger partial charge in [-0.05, 0) is 0 Å². The summed E-state index contributed by atoms with van der Waals surface area (Å²) in [6, 6.07) is 1.61. The van der Waals surface area contributed by atoms with Crippen LogP contribution in [0.15, 0.2) is 6.07 Å². The molecule has 0 atom stereocenters. The van der Waals surface area contributed by atoms with Crippen molar-refractivity contribution in [3.63, 3.8) is 0 Å². The highest BCUT2D eigenvalue weighted by molar-refractivity contribution is 5.31. The van der Waals surface area contributed by atoms with Gasteiger partial charge >= 0.3 is 0 Å². The standard InChI is InChI=1S/C8H13N4/c1-8(2,3)7-10-5-4-6(11-7)12-9/h4H,9H2,1-3H3,(H,10,11,12). The zero-order valence-corrected chi connectivity index (χ0v) is 7.55. The lowest BCUT2D eigenvalue weighted by atomic mass is 9.96. The molecule has 0 bridgehead atoms. The van der Waals surface area contributed by atoms with Crippen molar-refractivity contribution in [3.8, 4) is 0 Å². The molecular formula is C8H13N4. The summed E-state index contributed by atoms with van der Waals surface area (Å²) in [5.41, 5.74) is 2.39. The van der Waals surface area contributed by atoms with E-state index in [2.05, 4.69) is 21.6 Å². The number of hydrogen-bond donors (Lipinski definition) is 2. The van der Waals surface area contributed by atoms with Gasteiger partial charge in [0.2, 0.25) is 0 Å². The molecule has 0 fully saturated rings. The van der Waals surface area contributed by atoms with Gasteiger partial charge in [0.1, 0.15) is 11.6 Å². The second kappa shape index (κ2) is 3.06. The number of nitrogens with zero attached hydrogens (tertiary/aromatic N) is 2. The molecule has 0 aliphatic heterocycles. The van der Waals surface area contributed by atoms with Gasteiger partial charge in [0.05, 0.1) is 6.20 Å². The van der Waals surface area contributed by atoms with E-state index in [-0.39, 0.29) is 5.41 Å². The molecule has 0 saturated heterocycles. The molecular weight excluding hydrogens is 152 g/mol. The molecule has 0 unspecified atom stereocenters. The molecule has 0 aliphatic carbocycles. The Balaban J connectivity index is 3.02. The average Bonchev–Trinajstić information content (AvgIpc) is 2.03. The number of hydrogen-bond acceptors (Lipinski definition) is 4. The van der Waals surface area contributed by atoms with Gasteiger partial charge in [0, 0.05) is 11.5 Å². The summed E-state index contributed by atoms with van der Waals surface area (Å²) >= 11 is 0. The maximum Gasteiger partial charge on any atom is 0.144 e. The summed E-state index contributed by atoms with van der Waals surface area (Å²) in [6.07, 6.45) is 2.73. The van der Waals surface area contributed by atoms with Crippen molar-refractivity contribution in [3.05, 3.63) is 18.1 Å². The third-order valence-corrected chi connectivity index (χ3v) is 1.42. The minimum Gasteiger partial charge on any atom is -0.308 e. The van der Waals surface area contributed by atoms with Crippen LogP contribution >= 0.6 is 0 Å². The Bertz CT molecular complexity index is 264. The van der Waals surface area contributed by atoms with E-state index in [0.717, 1.165) is 5.82 Å². The first-order valence-electron chi connectivity index (χ1n) is 3.76.